The van der Waals surface area contributed by atoms with E-state index in [0.29, 0.717) is 17.6 Å². The van der Waals surface area contributed by atoms with Gasteiger partial charge in [-0.3, -0.25) is 4.57 Å². The highest BCUT2D eigenvalue weighted by atomic mass is 15.2. The van der Waals surface area contributed by atoms with Crippen molar-refractivity contribution < 1.29 is 0 Å². The normalized spacial score (nSPS) is 13.1. The van der Waals surface area contributed by atoms with Crippen LogP contribution in [0.2, 0.25) is 0 Å². The molecule has 2 aliphatic carbocycles. The number of para-hydroxylation sites is 1. The van der Waals surface area contributed by atoms with Gasteiger partial charge in [-0.05, 0) is 56.1 Å². The third kappa shape index (κ3) is 4.15. The predicted molar refractivity (Wildman–Crippen MR) is 227 cm³/mol. The number of rotatable bonds is 4. The van der Waals surface area contributed by atoms with E-state index in [0.717, 1.165) is 38.7 Å². The average molecular weight is 713 g/mol. The molecule has 0 fully saturated rings. The standard InChI is InChI=1S/C52H32N4/c1-3-17-33(18-4-1)35-21-7-8-25-40(35)50-53-49(34-19-5-2-6-20-34)54-51(55-50)56-46-30-16-12-24-38(46)39-31-32-45-47(48(39)56)41-26-11-15-29-44(41)52(45)42-27-13-9-22-36(42)37-23-10-14-28-43(37)52/h1-32H. The van der Waals surface area contributed by atoms with Crippen LogP contribution in [0.4, 0.5) is 0 Å². The summed E-state index contributed by atoms with van der Waals surface area (Å²) in [6.07, 6.45) is 0. The van der Waals surface area contributed by atoms with Gasteiger partial charge < -0.3 is 0 Å². The van der Waals surface area contributed by atoms with Gasteiger partial charge in [-0.1, -0.05) is 188 Å². The fraction of sp³-hybridized carbons (Fsp3) is 0.0192. The summed E-state index contributed by atoms with van der Waals surface area (Å²) in [5, 5.41) is 2.32. The second-order valence-electron chi connectivity index (χ2n) is 14.7. The van der Waals surface area contributed by atoms with Crippen LogP contribution in [0.5, 0.6) is 0 Å². The van der Waals surface area contributed by atoms with Gasteiger partial charge in [0.25, 0.3) is 0 Å². The van der Waals surface area contributed by atoms with E-state index in [4.69, 9.17) is 15.0 Å². The van der Waals surface area contributed by atoms with Crippen LogP contribution >= 0.6 is 0 Å². The van der Waals surface area contributed by atoms with Crippen LogP contribution in [0.3, 0.4) is 0 Å². The Morgan fingerprint density at radius 3 is 1.55 bits per heavy atom. The van der Waals surface area contributed by atoms with Gasteiger partial charge in [0.05, 0.1) is 16.4 Å². The highest BCUT2D eigenvalue weighted by Crippen LogP contribution is 2.64. The second kappa shape index (κ2) is 11.8. The third-order valence-corrected chi connectivity index (χ3v) is 11.9. The summed E-state index contributed by atoms with van der Waals surface area (Å²) >= 11 is 0. The van der Waals surface area contributed by atoms with E-state index >= 15 is 0 Å². The molecule has 2 aromatic heterocycles. The van der Waals surface area contributed by atoms with Crippen LogP contribution in [0.1, 0.15) is 22.3 Å². The zero-order chi connectivity index (χ0) is 36.8. The molecule has 0 amide bonds. The molecule has 56 heavy (non-hydrogen) atoms. The molecule has 260 valence electrons. The Bertz CT molecular complexity index is 3150. The monoisotopic (exact) mass is 712 g/mol. The molecule has 0 radical (unpaired) electrons. The first-order valence-electron chi connectivity index (χ1n) is 19.1. The molecule has 4 nitrogen and oxygen atoms in total. The maximum Gasteiger partial charge on any atom is 0.238 e. The number of nitrogens with zero attached hydrogens (tertiary/aromatic N) is 4. The Hall–Kier alpha value is -7.43. The molecule has 0 saturated carbocycles. The van der Waals surface area contributed by atoms with Gasteiger partial charge in [-0.15, -0.1) is 0 Å². The molecule has 10 aromatic rings. The summed E-state index contributed by atoms with van der Waals surface area (Å²) in [7, 11) is 0. The minimum atomic E-state index is -0.470. The van der Waals surface area contributed by atoms with Crippen molar-refractivity contribution in [3.8, 4) is 62.1 Å². The zero-order valence-corrected chi connectivity index (χ0v) is 30.3. The quantitative estimate of drug-likeness (QED) is 0.182. The minimum absolute atomic E-state index is 0.470. The largest absolute Gasteiger partial charge is 0.277 e. The molecule has 1 spiro atoms. The maximum absolute atomic E-state index is 5.44. The average Bonchev–Trinajstić information content (AvgIpc) is 3.89. The van der Waals surface area contributed by atoms with Crippen LogP contribution in [0.15, 0.2) is 194 Å². The number of fused-ring (bicyclic) bond motifs is 14. The molecule has 4 heteroatoms. The first kappa shape index (κ1) is 31.0. The number of aromatic nitrogens is 4. The number of hydrogen-bond donors (Lipinski definition) is 0. The van der Waals surface area contributed by atoms with Gasteiger partial charge in [-0.2, -0.15) is 9.97 Å². The van der Waals surface area contributed by atoms with E-state index in [9.17, 15) is 0 Å². The van der Waals surface area contributed by atoms with Crippen LogP contribution < -0.4 is 0 Å². The Kier molecular flexibility index (Phi) is 6.52. The Labute approximate surface area is 324 Å². The molecule has 0 unspecified atom stereocenters. The van der Waals surface area contributed by atoms with E-state index in [2.05, 4.69) is 174 Å². The van der Waals surface area contributed by atoms with E-state index in [1.165, 1.54) is 49.9 Å². The summed E-state index contributed by atoms with van der Waals surface area (Å²) in [4.78, 5) is 16.0. The molecule has 0 N–H and O–H groups in total. The van der Waals surface area contributed by atoms with Gasteiger partial charge in [0.15, 0.2) is 11.6 Å². The highest BCUT2D eigenvalue weighted by Gasteiger charge is 2.52. The smallest absolute Gasteiger partial charge is 0.238 e. The van der Waals surface area contributed by atoms with Crippen molar-refractivity contribution in [2.75, 3.05) is 0 Å². The van der Waals surface area contributed by atoms with Gasteiger partial charge >= 0.3 is 0 Å². The third-order valence-electron chi connectivity index (χ3n) is 11.9. The lowest BCUT2D eigenvalue weighted by molar-refractivity contribution is 0.794. The molecule has 0 atom stereocenters. The fourth-order valence-corrected chi connectivity index (χ4v) is 9.69. The van der Waals surface area contributed by atoms with Crippen molar-refractivity contribution in [2.24, 2.45) is 0 Å². The summed E-state index contributed by atoms with van der Waals surface area (Å²) in [6.45, 7) is 0. The summed E-state index contributed by atoms with van der Waals surface area (Å²) in [5.41, 5.74) is 16.0. The van der Waals surface area contributed by atoms with Crippen molar-refractivity contribution in [2.45, 2.75) is 5.41 Å². The summed E-state index contributed by atoms with van der Waals surface area (Å²) in [5.74, 6) is 1.84. The molecule has 2 heterocycles. The lowest BCUT2D eigenvalue weighted by Gasteiger charge is -2.30. The first-order valence-corrected chi connectivity index (χ1v) is 19.1. The lowest BCUT2D eigenvalue weighted by Crippen LogP contribution is -2.25. The Balaban J connectivity index is 1.22. The highest BCUT2D eigenvalue weighted by molar-refractivity contribution is 6.16. The van der Waals surface area contributed by atoms with Crippen LogP contribution in [0.25, 0.3) is 83.9 Å². The first-order chi connectivity index (χ1) is 27.8. The molecule has 2 aliphatic rings. The maximum atomic E-state index is 5.44. The Morgan fingerprint density at radius 1 is 0.339 bits per heavy atom. The van der Waals surface area contributed by atoms with Gasteiger partial charge in [0.1, 0.15) is 0 Å². The molecule has 0 bridgehead atoms. The molecule has 8 aromatic carbocycles. The van der Waals surface area contributed by atoms with Crippen molar-refractivity contribution in [3.05, 3.63) is 216 Å². The molecular formula is C52H32N4. The topological polar surface area (TPSA) is 43.6 Å². The van der Waals surface area contributed by atoms with Crippen LogP contribution in [-0.2, 0) is 5.41 Å². The second-order valence-corrected chi connectivity index (χ2v) is 14.7. The SMILES string of the molecule is c1ccc(-c2nc(-c3ccccc3-c3ccccc3)nc(-n3c4ccccc4c4ccc5c(c43)-c3ccccc3C53c4ccccc4-c4ccccc43)n2)cc1. The van der Waals surface area contributed by atoms with E-state index in [1.807, 2.05) is 24.3 Å². The van der Waals surface area contributed by atoms with Crippen LogP contribution in [0, 0.1) is 0 Å². The van der Waals surface area contributed by atoms with Gasteiger partial charge in [0.2, 0.25) is 5.95 Å². The summed E-state index contributed by atoms with van der Waals surface area (Å²) < 4.78 is 2.30. The Morgan fingerprint density at radius 2 is 0.857 bits per heavy atom. The number of benzene rings is 8. The fourth-order valence-electron chi connectivity index (χ4n) is 9.69. The van der Waals surface area contributed by atoms with Crippen molar-refractivity contribution >= 4 is 21.8 Å². The van der Waals surface area contributed by atoms with E-state index < -0.39 is 5.41 Å². The van der Waals surface area contributed by atoms with Gasteiger partial charge in [0, 0.05) is 27.5 Å². The van der Waals surface area contributed by atoms with Crippen LogP contribution in [-0.4, -0.2) is 19.5 Å². The van der Waals surface area contributed by atoms with Gasteiger partial charge in [-0.25, -0.2) is 4.98 Å². The van der Waals surface area contributed by atoms with Crippen molar-refractivity contribution in [3.63, 3.8) is 0 Å². The minimum Gasteiger partial charge on any atom is -0.277 e. The predicted octanol–water partition coefficient (Wildman–Crippen LogP) is 12.3. The molecule has 0 aliphatic heterocycles. The molecule has 12 rings (SSSR count). The lowest BCUT2D eigenvalue weighted by atomic mass is 9.70. The van der Waals surface area contributed by atoms with Crippen molar-refractivity contribution in [1.29, 1.82) is 0 Å². The summed E-state index contributed by atoms with van der Waals surface area (Å²) in [6, 6.07) is 69.4. The zero-order valence-electron chi connectivity index (χ0n) is 30.3. The van der Waals surface area contributed by atoms with E-state index in [1.54, 1.807) is 0 Å². The molecule has 0 saturated heterocycles. The number of hydrogen-bond acceptors (Lipinski definition) is 3. The molecular weight excluding hydrogens is 681 g/mol. The van der Waals surface area contributed by atoms with E-state index in [-0.39, 0.29) is 0 Å². The van der Waals surface area contributed by atoms with Crippen molar-refractivity contribution in [1.82, 2.24) is 19.5 Å².